The summed E-state index contributed by atoms with van der Waals surface area (Å²) in [5.74, 6) is 0.795. The van der Waals surface area contributed by atoms with Gasteiger partial charge in [-0.05, 0) is 25.3 Å². The Morgan fingerprint density at radius 3 is 2.64 bits per heavy atom. The van der Waals surface area contributed by atoms with Crippen LogP contribution < -0.4 is 5.32 Å². The number of aldehydes is 1. The number of nitrogens with one attached hydrogen (secondary N) is 1. The second kappa shape index (κ2) is 6.99. The van der Waals surface area contributed by atoms with Crippen molar-refractivity contribution in [2.75, 3.05) is 6.54 Å². The highest BCUT2D eigenvalue weighted by Crippen LogP contribution is 2.26. The van der Waals surface area contributed by atoms with Gasteiger partial charge in [0, 0.05) is 0 Å². The molecule has 0 aliphatic heterocycles. The van der Waals surface area contributed by atoms with Gasteiger partial charge >= 0.3 is 0 Å². The maximum absolute atomic E-state index is 10.8. The third-order valence-electron chi connectivity index (χ3n) is 3.13. The van der Waals surface area contributed by atoms with E-state index in [9.17, 15) is 4.79 Å². The zero-order valence-corrected chi connectivity index (χ0v) is 9.30. The van der Waals surface area contributed by atoms with Crippen molar-refractivity contribution < 1.29 is 4.79 Å². The highest BCUT2D eigenvalue weighted by atomic mass is 16.1. The van der Waals surface area contributed by atoms with E-state index in [0.717, 1.165) is 31.6 Å². The summed E-state index contributed by atoms with van der Waals surface area (Å²) in [7, 11) is 0. The molecule has 0 aromatic rings. The SMILES string of the molecule is CCCNC(C=O)CC1CCCCC1. The Morgan fingerprint density at radius 1 is 1.36 bits per heavy atom. The van der Waals surface area contributed by atoms with E-state index in [0.29, 0.717) is 0 Å². The minimum atomic E-state index is 0.109. The Kier molecular flexibility index (Phi) is 5.85. The van der Waals surface area contributed by atoms with Gasteiger partial charge in [0.1, 0.15) is 6.29 Å². The molecule has 2 heteroatoms. The van der Waals surface area contributed by atoms with Crippen LogP contribution in [0.15, 0.2) is 0 Å². The Hall–Kier alpha value is -0.370. The van der Waals surface area contributed by atoms with Crippen LogP contribution in [0.4, 0.5) is 0 Å². The highest BCUT2D eigenvalue weighted by Gasteiger charge is 2.17. The van der Waals surface area contributed by atoms with Gasteiger partial charge in [-0.15, -0.1) is 0 Å². The van der Waals surface area contributed by atoms with Gasteiger partial charge in [-0.1, -0.05) is 39.0 Å². The van der Waals surface area contributed by atoms with Crippen molar-refractivity contribution >= 4 is 6.29 Å². The second-order valence-electron chi connectivity index (χ2n) is 4.44. The van der Waals surface area contributed by atoms with E-state index in [1.54, 1.807) is 0 Å². The summed E-state index contributed by atoms with van der Waals surface area (Å²) < 4.78 is 0. The third kappa shape index (κ3) is 4.23. The highest BCUT2D eigenvalue weighted by molar-refractivity contribution is 5.57. The topological polar surface area (TPSA) is 29.1 Å². The van der Waals surface area contributed by atoms with Gasteiger partial charge in [0.25, 0.3) is 0 Å². The van der Waals surface area contributed by atoms with Crippen molar-refractivity contribution in [3.63, 3.8) is 0 Å². The fraction of sp³-hybridized carbons (Fsp3) is 0.917. The van der Waals surface area contributed by atoms with Crippen LogP contribution in [0.2, 0.25) is 0 Å². The molecule has 82 valence electrons. The molecule has 0 radical (unpaired) electrons. The average molecular weight is 197 g/mol. The molecule has 1 atom stereocenters. The molecule has 2 nitrogen and oxygen atoms in total. The summed E-state index contributed by atoms with van der Waals surface area (Å²) in [5, 5.41) is 3.30. The summed E-state index contributed by atoms with van der Waals surface area (Å²) in [6, 6.07) is 0.109. The predicted octanol–water partition coefficient (Wildman–Crippen LogP) is 2.52. The summed E-state index contributed by atoms with van der Waals surface area (Å²) in [5.41, 5.74) is 0. The van der Waals surface area contributed by atoms with Crippen molar-refractivity contribution in [1.29, 1.82) is 0 Å². The standard InChI is InChI=1S/C12H23NO/c1-2-8-13-12(10-14)9-11-6-4-3-5-7-11/h10-13H,2-9H2,1H3. The molecule has 0 aromatic heterocycles. The molecule has 0 saturated heterocycles. The van der Waals surface area contributed by atoms with Crippen LogP contribution in [-0.4, -0.2) is 18.9 Å². The quantitative estimate of drug-likeness (QED) is 0.663. The summed E-state index contributed by atoms with van der Waals surface area (Å²) in [6.45, 7) is 3.10. The van der Waals surface area contributed by atoms with E-state index in [4.69, 9.17) is 0 Å². The molecule has 0 bridgehead atoms. The average Bonchev–Trinajstić information content (AvgIpc) is 2.25. The van der Waals surface area contributed by atoms with Gasteiger partial charge in [0.15, 0.2) is 0 Å². The minimum Gasteiger partial charge on any atom is -0.308 e. The molecule has 0 amide bonds. The lowest BCUT2D eigenvalue weighted by atomic mass is 9.85. The number of hydrogen-bond donors (Lipinski definition) is 1. The van der Waals surface area contributed by atoms with Crippen molar-refractivity contribution in [2.24, 2.45) is 5.92 Å². The van der Waals surface area contributed by atoms with E-state index in [2.05, 4.69) is 12.2 Å². The fourth-order valence-corrected chi connectivity index (χ4v) is 2.30. The van der Waals surface area contributed by atoms with Crippen LogP contribution in [0.5, 0.6) is 0 Å². The first-order chi connectivity index (χ1) is 6.86. The molecule has 1 saturated carbocycles. The molecule has 1 aliphatic carbocycles. The number of carbonyl (C=O) groups is 1. The van der Waals surface area contributed by atoms with Crippen molar-refractivity contribution in [3.05, 3.63) is 0 Å². The molecule has 0 aromatic carbocycles. The van der Waals surface area contributed by atoms with Crippen LogP contribution in [0.3, 0.4) is 0 Å². The first kappa shape index (κ1) is 11.7. The summed E-state index contributed by atoms with van der Waals surface area (Å²) in [4.78, 5) is 10.8. The van der Waals surface area contributed by atoms with Gasteiger partial charge in [-0.2, -0.15) is 0 Å². The maximum Gasteiger partial charge on any atom is 0.136 e. The molecule has 1 N–H and O–H groups in total. The van der Waals surface area contributed by atoms with Crippen LogP contribution in [0.25, 0.3) is 0 Å². The maximum atomic E-state index is 10.8. The molecule has 0 spiro atoms. The molecule has 0 heterocycles. The summed E-state index contributed by atoms with van der Waals surface area (Å²) >= 11 is 0. The van der Waals surface area contributed by atoms with E-state index < -0.39 is 0 Å². The van der Waals surface area contributed by atoms with Crippen molar-refractivity contribution in [3.8, 4) is 0 Å². The van der Waals surface area contributed by atoms with Crippen LogP contribution in [-0.2, 0) is 4.79 Å². The lowest BCUT2D eigenvalue weighted by Crippen LogP contribution is -2.33. The molecule has 1 unspecified atom stereocenters. The largest absolute Gasteiger partial charge is 0.308 e. The Bertz CT molecular complexity index is 152. The molecule has 1 aliphatic rings. The zero-order valence-electron chi connectivity index (χ0n) is 9.30. The first-order valence-electron chi connectivity index (χ1n) is 6.05. The number of carbonyl (C=O) groups excluding carboxylic acids is 1. The van der Waals surface area contributed by atoms with Crippen LogP contribution in [0.1, 0.15) is 51.9 Å². The van der Waals surface area contributed by atoms with Gasteiger partial charge in [-0.25, -0.2) is 0 Å². The van der Waals surface area contributed by atoms with E-state index in [1.165, 1.54) is 32.1 Å². The monoisotopic (exact) mass is 197 g/mol. The fourth-order valence-electron chi connectivity index (χ4n) is 2.30. The molecule has 14 heavy (non-hydrogen) atoms. The Labute approximate surface area is 87.5 Å². The van der Waals surface area contributed by atoms with E-state index in [1.807, 2.05) is 0 Å². The summed E-state index contributed by atoms with van der Waals surface area (Å²) in [6.07, 6.45) is 10.0. The number of hydrogen-bond acceptors (Lipinski definition) is 2. The van der Waals surface area contributed by atoms with E-state index >= 15 is 0 Å². The van der Waals surface area contributed by atoms with Crippen molar-refractivity contribution in [2.45, 2.75) is 57.9 Å². The lowest BCUT2D eigenvalue weighted by molar-refractivity contribution is -0.110. The van der Waals surface area contributed by atoms with Crippen LogP contribution in [0, 0.1) is 5.92 Å². The molecular weight excluding hydrogens is 174 g/mol. The second-order valence-corrected chi connectivity index (χ2v) is 4.44. The third-order valence-corrected chi connectivity index (χ3v) is 3.13. The van der Waals surface area contributed by atoms with Crippen LogP contribution >= 0.6 is 0 Å². The van der Waals surface area contributed by atoms with Gasteiger partial charge in [-0.3, -0.25) is 0 Å². The Balaban J connectivity index is 2.20. The molecular formula is C12H23NO. The van der Waals surface area contributed by atoms with Gasteiger partial charge in [0.2, 0.25) is 0 Å². The normalized spacial score (nSPS) is 20.6. The molecule has 1 fully saturated rings. The minimum absolute atomic E-state index is 0.109. The van der Waals surface area contributed by atoms with Gasteiger partial charge in [0.05, 0.1) is 6.04 Å². The van der Waals surface area contributed by atoms with E-state index in [-0.39, 0.29) is 6.04 Å². The zero-order chi connectivity index (χ0) is 10.2. The predicted molar refractivity (Wildman–Crippen MR) is 59.3 cm³/mol. The smallest absolute Gasteiger partial charge is 0.136 e. The Morgan fingerprint density at radius 2 is 2.07 bits per heavy atom. The first-order valence-corrected chi connectivity index (χ1v) is 6.05. The number of rotatable bonds is 6. The van der Waals surface area contributed by atoms with Crippen molar-refractivity contribution in [1.82, 2.24) is 5.32 Å². The van der Waals surface area contributed by atoms with Gasteiger partial charge < -0.3 is 10.1 Å². The molecule has 1 rings (SSSR count). The lowest BCUT2D eigenvalue weighted by Gasteiger charge is -2.24.